The van der Waals surface area contributed by atoms with Gasteiger partial charge in [-0.15, -0.1) is 0 Å². The molecule has 54 valence electrons. The number of halogens is 1. The largest absolute Gasteiger partial charge is 0.0923 e. The molecule has 0 N–H and O–H groups in total. The molecule has 0 atom stereocenters. The molecule has 0 heterocycles. The molecular weight excluding hydrogens is 156 g/mol. The molecule has 0 aromatic heterocycles. The summed E-state index contributed by atoms with van der Waals surface area (Å²) in [6.45, 7) is 0. The molecule has 0 saturated carbocycles. The maximum Gasteiger partial charge on any atom is 0.0248 e. The number of hydrogen-bond donors (Lipinski definition) is 0. The smallest absolute Gasteiger partial charge is 0.0248 e. The maximum atomic E-state index is 5.28. The van der Waals surface area contributed by atoms with Crippen molar-refractivity contribution in [1.29, 1.82) is 0 Å². The summed E-state index contributed by atoms with van der Waals surface area (Å²) in [6, 6.07) is 9.77. The molecule has 0 bridgehead atoms. The molecule has 11 heavy (non-hydrogen) atoms. The third-order valence-corrected chi connectivity index (χ3v) is 1.26. The summed E-state index contributed by atoms with van der Waals surface area (Å²) < 4.78 is 0. The molecule has 1 aromatic carbocycles. The summed E-state index contributed by atoms with van der Waals surface area (Å²) in [5.74, 6) is 5.71. The summed E-state index contributed by atoms with van der Waals surface area (Å²) in [4.78, 5) is 0. The van der Waals surface area contributed by atoms with Crippen LogP contribution in [-0.4, -0.2) is 0 Å². The van der Waals surface area contributed by atoms with Crippen LogP contribution < -0.4 is 0 Å². The summed E-state index contributed by atoms with van der Waals surface area (Å²) in [5.41, 5.74) is 2.40. The molecule has 0 radical (unpaired) electrons. The number of benzene rings is 1. The fraction of sp³-hybridized carbons (Fsp3) is 0. The highest BCUT2D eigenvalue weighted by Crippen LogP contribution is 1.94. The van der Waals surface area contributed by atoms with Gasteiger partial charge in [-0.2, -0.15) is 0 Å². The number of hydrogen-bond acceptors (Lipinski definition) is 0. The molecule has 0 fully saturated rings. The van der Waals surface area contributed by atoms with Crippen molar-refractivity contribution in [2.24, 2.45) is 0 Å². The zero-order valence-corrected chi connectivity index (χ0v) is 6.68. The molecule has 0 nitrogen and oxygen atoms in total. The van der Waals surface area contributed by atoms with Crippen LogP contribution in [0.2, 0.25) is 0 Å². The lowest BCUT2D eigenvalue weighted by molar-refractivity contribution is 1.65. The molecule has 0 saturated heterocycles. The van der Waals surface area contributed by atoms with Gasteiger partial charge in [-0.25, -0.2) is 0 Å². The topological polar surface area (TPSA) is 0 Å². The second kappa shape index (κ2) is 4.60. The third-order valence-electron chi connectivity index (χ3n) is 1.14. The van der Waals surface area contributed by atoms with Crippen molar-refractivity contribution in [2.75, 3.05) is 0 Å². The van der Waals surface area contributed by atoms with E-state index in [1.165, 1.54) is 5.54 Å². The molecule has 1 aromatic rings. The van der Waals surface area contributed by atoms with E-state index in [2.05, 4.69) is 11.8 Å². The highest BCUT2D eigenvalue weighted by Gasteiger charge is 1.78. The Labute approximate surface area is 71.5 Å². The molecule has 0 unspecified atom stereocenters. The van der Waals surface area contributed by atoms with Crippen molar-refractivity contribution >= 4 is 11.6 Å². The van der Waals surface area contributed by atoms with Crippen molar-refractivity contribution in [3.05, 3.63) is 47.5 Å². The predicted octanol–water partition coefficient (Wildman–Crippen LogP) is 2.79. The van der Waals surface area contributed by atoms with Gasteiger partial charge in [0.05, 0.1) is 0 Å². The van der Waals surface area contributed by atoms with E-state index in [1.807, 2.05) is 30.3 Å². The Balaban J connectivity index is 2.74. The average molecular weight is 163 g/mol. The predicted molar refractivity (Wildman–Crippen MR) is 48.3 cm³/mol. The minimum atomic E-state index is 1.00. The Morgan fingerprint density at radius 3 is 2.55 bits per heavy atom. The van der Waals surface area contributed by atoms with E-state index in [-0.39, 0.29) is 0 Å². The standard InChI is InChI=1S/C10H7Cl/c11-9-5-4-8-10-6-2-1-3-7-10/h1-3,5-7,9H. The SMILES string of the molecule is ClC=CC#Cc1ccccc1. The molecule has 0 aliphatic carbocycles. The molecule has 1 rings (SSSR count). The fourth-order valence-corrected chi connectivity index (χ4v) is 0.741. The first kappa shape index (κ1) is 7.91. The lowest BCUT2D eigenvalue weighted by atomic mass is 10.2. The molecule has 0 spiro atoms. The second-order valence-corrected chi connectivity index (χ2v) is 2.18. The first-order chi connectivity index (χ1) is 5.43. The van der Waals surface area contributed by atoms with Gasteiger partial charge in [0.2, 0.25) is 0 Å². The van der Waals surface area contributed by atoms with Gasteiger partial charge in [-0.1, -0.05) is 41.6 Å². The van der Waals surface area contributed by atoms with Gasteiger partial charge in [0.1, 0.15) is 0 Å². The normalized spacial score (nSPS) is 9.18. The average Bonchev–Trinajstić information content (AvgIpc) is 2.07. The van der Waals surface area contributed by atoms with E-state index in [9.17, 15) is 0 Å². The lowest BCUT2D eigenvalue weighted by Gasteiger charge is -1.83. The monoisotopic (exact) mass is 162 g/mol. The van der Waals surface area contributed by atoms with Crippen molar-refractivity contribution in [2.45, 2.75) is 0 Å². The van der Waals surface area contributed by atoms with E-state index in [1.54, 1.807) is 6.08 Å². The van der Waals surface area contributed by atoms with Crippen LogP contribution in [0.1, 0.15) is 5.56 Å². The number of rotatable bonds is 0. The molecular formula is C10H7Cl. The highest BCUT2D eigenvalue weighted by molar-refractivity contribution is 6.25. The van der Waals surface area contributed by atoms with E-state index in [0.29, 0.717) is 0 Å². The maximum absolute atomic E-state index is 5.28. The molecule has 0 aliphatic heterocycles. The molecule has 0 amide bonds. The van der Waals surface area contributed by atoms with Crippen molar-refractivity contribution in [3.63, 3.8) is 0 Å². The van der Waals surface area contributed by atoms with Gasteiger partial charge in [0.25, 0.3) is 0 Å². The van der Waals surface area contributed by atoms with Crippen LogP contribution in [0.15, 0.2) is 41.9 Å². The number of allylic oxidation sites excluding steroid dienone is 1. The van der Waals surface area contributed by atoms with Gasteiger partial charge in [0, 0.05) is 11.1 Å². The Kier molecular flexibility index (Phi) is 3.31. The van der Waals surface area contributed by atoms with Crippen molar-refractivity contribution < 1.29 is 0 Å². The molecule has 0 aliphatic rings. The van der Waals surface area contributed by atoms with Crippen LogP contribution in [0.4, 0.5) is 0 Å². The van der Waals surface area contributed by atoms with Gasteiger partial charge in [-0.3, -0.25) is 0 Å². The van der Waals surface area contributed by atoms with Crippen LogP contribution in [0, 0.1) is 11.8 Å². The first-order valence-electron chi connectivity index (χ1n) is 3.25. The third kappa shape index (κ3) is 2.93. The fourth-order valence-electron chi connectivity index (χ4n) is 0.678. The summed E-state index contributed by atoms with van der Waals surface area (Å²) in [6.07, 6.45) is 1.61. The Hall–Kier alpha value is -1.19. The Morgan fingerprint density at radius 2 is 1.91 bits per heavy atom. The van der Waals surface area contributed by atoms with Crippen LogP contribution in [-0.2, 0) is 0 Å². The van der Waals surface area contributed by atoms with E-state index in [4.69, 9.17) is 11.6 Å². The summed E-state index contributed by atoms with van der Waals surface area (Å²) in [5, 5.41) is 0. The van der Waals surface area contributed by atoms with Gasteiger partial charge < -0.3 is 0 Å². The highest BCUT2D eigenvalue weighted by atomic mass is 35.5. The summed E-state index contributed by atoms with van der Waals surface area (Å²) >= 11 is 5.28. The van der Waals surface area contributed by atoms with Gasteiger partial charge in [-0.05, 0) is 18.2 Å². The Bertz CT molecular complexity index is 288. The molecule has 1 heteroatoms. The second-order valence-electron chi connectivity index (χ2n) is 1.93. The van der Waals surface area contributed by atoms with Crippen molar-refractivity contribution in [3.8, 4) is 11.8 Å². The lowest BCUT2D eigenvalue weighted by Crippen LogP contribution is -1.68. The first-order valence-corrected chi connectivity index (χ1v) is 3.69. The van der Waals surface area contributed by atoms with Gasteiger partial charge in [0.15, 0.2) is 0 Å². The van der Waals surface area contributed by atoms with Crippen LogP contribution >= 0.6 is 11.6 Å². The Morgan fingerprint density at radius 1 is 1.18 bits per heavy atom. The van der Waals surface area contributed by atoms with E-state index >= 15 is 0 Å². The zero-order chi connectivity index (χ0) is 7.94. The van der Waals surface area contributed by atoms with Crippen LogP contribution in [0.5, 0.6) is 0 Å². The van der Waals surface area contributed by atoms with E-state index < -0.39 is 0 Å². The minimum Gasteiger partial charge on any atom is -0.0923 e. The quantitative estimate of drug-likeness (QED) is 0.515. The van der Waals surface area contributed by atoms with Crippen LogP contribution in [0.3, 0.4) is 0 Å². The summed E-state index contributed by atoms with van der Waals surface area (Å²) in [7, 11) is 0. The van der Waals surface area contributed by atoms with Gasteiger partial charge >= 0.3 is 0 Å². The minimum absolute atomic E-state index is 1.00. The zero-order valence-electron chi connectivity index (χ0n) is 5.92. The van der Waals surface area contributed by atoms with Crippen LogP contribution in [0.25, 0.3) is 0 Å². The van der Waals surface area contributed by atoms with E-state index in [0.717, 1.165) is 5.56 Å². The van der Waals surface area contributed by atoms with Crippen molar-refractivity contribution in [1.82, 2.24) is 0 Å².